The second kappa shape index (κ2) is 39.7. The van der Waals surface area contributed by atoms with Crippen LogP contribution in [0.1, 0.15) is 154 Å². The second-order valence-electron chi connectivity index (χ2n) is 33.5. The molecule has 0 aliphatic carbocycles. The van der Waals surface area contributed by atoms with Crippen LogP contribution in [0.25, 0.3) is 43.6 Å². The van der Waals surface area contributed by atoms with Gasteiger partial charge in [0.25, 0.3) is 0 Å². The van der Waals surface area contributed by atoms with Crippen molar-refractivity contribution in [2.75, 3.05) is 63.2 Å². The molecule has 118 heavy (non-hydrogen) atoms. The van der Waals surface area contributed by atoms with Crippen LogP contribution in [0.5, 0.6) is 0 Å². The summed E-state index contributed by atoms with van der Waals surface area (Å²) >= 11 is 0. The van der Waals surface area contributed by atoms with Gasteiger partial charge in [0, 0.05) is 132 Å². The number of nitrogens with two attached hydrogens (primary N) is 1. The molecule has 0 spiro atoms. The van der Waals surface area contributed by atoms with Crippen molar-refractivity contribution < 1.29 is 69.3 Å². The van der Waals surface area contributed by atoms with Gasteiger partial charge < -0.3 is 73.7 Å². The number of halogens is 7. The number of ketones is 1. The first-order chi connectivity index (χ1) is 55.2. The molecule has 0 saturated carbocycles. The number of hydrogen-bond acceptors (Lipinski definition) is 15. The van der Waals surface area contributed by atoms with E-state index in [0.717, 1.165) is 137 Å². The Balaban J connectivity index is 0.000000159. The molecule has 23 nitrogen and oxygen atoms in total. The van der Waals surface area contributed by atoms with Gasteiger partial charge in [-0.25, -0.2) is 45.5 Å². The number of piperidine rings is 2. The predicted octanol–water partition coefficient (Wildman–Crippen LogP) is 17.9. The number of benzene rings is 6. The van der Waals surface area contributed by atoms with Crippen molar-refractivity contribution in [3.8, 4) is 0 Å². The molecule has 6 aliphatic rings. The van der Waals surface area contributed by atoms with Gasteiger partial charge in [0.2, 0.25) is 0 Å². The highest BCUT2D eigenvalue weighted by atomic mass is 35.5. The van der Waals surface area contributed by atoms with Crippen LogP contribution >= 0.6 is 12.4 Å². The number of hydrazine groups is 1. The fourth-order valence-corrected chi connectivity index (χ4v) is 14.3. The summed E-state index contributed by atoms with van der Waals surface area (Å²) in [6, 6.07) is 31.3. The number of carbonyl (C=O) groups is 5. The Morgan fingerprint density at radius 2 is 0.797 bits per heavy atom. The van der Waals surface area contributed by atoms with Crippen LogP contribution in [0.15, 0.2) is 126 Å². The molecule has 8 N–H and O–H groups in total. The summed E-state index contributed by atoms with van der Waals surface area (Å²) in [4.78, 5) is 72.1. The number of amides is 4. The fraction of sp³-hybridized carbons (Fsp3) is 0.432. The number of hydrogen-bond donors (Lipinski definition) is 7. The number of ether oxygens (including phenoxy) is 4. The summed E-state index contributed by atoms with van der Waals surface area (Å²) in [6.45, 7) is 30.0. The van der Waals surface area contributed by atoms with Crippen molar-refractivity contribution in [2.24, 2.45) is 25.0 Å². The predicted molar refractivity (Wildman–Crippen MR) is 452 cm³/mol. The summed E-state index contributed by atoms with van der Waals surface area (Å²) in [5.74, 6) is 3.84. The van der Waals surface area contributed by atoms with Gasteiger partial charge in [-0.3, -0.25) is 16.1 Å². The quantitative estimate of drug-likeness (QED) is 0.0376. The summed E-state index contributed by atoms with van der Waals surface area (Å²) in [6.07, 6.45) is 5.11. The van der Waals surface area contributed by atoms with E-state index in [1.54, 1.807) is 75.4 Å². The maximum absolute atomic E-state index is 13.5. The minimum atomic E-state index is -0.502. The fourth-order valence-electron chi connectivity index (χ4n) is 14.3. The number of fused-ring (bicyclic) bond motifs is 12. The molecule has 16 rings (SSSR count). The first-order valence-corrected chi connectivity index (χ1v) is 39.5. The maximum atomic E-state index is 13.5. The van der Waals surface area contributed by atoms with Crippen LogP contribution in [0.4, 0.5) is 56.9 Å². The van der Waals surface area contributed by atoms with Gasteiger partial charge in [-0.15, -0.1) is 12.4 Å². The van der Waals surface area contributed by atoms with Crippen LogP contribution in [-0.4, -0.2) is 149 Å². The van der Waals surface area contributed by atoms with Crippen LogP contribution in [0, 0.1) is 34.9 Å². The van der Waals surface area contributed by atoms with E-state index in [9.17, 15) is 50.3 Å². The van der Waals surface area contributed by atoms with Crippen molar-refractivity contribution in [1.82, 2.24) is 49.3 Å². The minimum Gasteiger partial charge on any atom is -0.444 e. The van der Waals surface area contributed by atoms with Gasteiger partial charge in [-0.05, 0) is 285 Å². The number of aromatic amines is 2. The average molecular weight is 1660 g/mol. The molecule has 10 aromatic rings. The Hall–Kier alpha value is -10.8. The summed E-state index contributed by atoms with van der Waals surface area (Å²) < 4.78 is 104. The Kier molecular flexibility index (Phi) is 30.6. The summed E-state index contributed by atoms with van der Waals surface area (Å²) in [5.41, 5.74) is 19.0. The molecular formula is C88H111ClF6N14O9. The summed E-state index contributed by atoms with van der Waals surface area (Å²) in [7, 11) is 4.00. The molecule has 10 heterocycles. The van der Waals surface area contributed by atoms with E-state index >= 15 is 0 Å². The zero-order chi connectivity index (χ0) is 84.8. The van der Waals surface area contributed by atoms with Gasteiger partial charge in [-0.1, -0.05) is 0 Å². The molecule has 4 aromatic heterocycles. The van der Waals surface area contributed by atoms with Gasteiger partial charge in [-0.2, -0.15) is 5.10 Å². The molecule has 0 unspecified atom stereocenters. The number of likely N-dealkylation sites (tertiary alicyclic amines) is 2. The van der Waals surface area contributed by atoms with Crippen LogP contribution in [0.2, 0.25) is 0 Å². The van der Waals surface area contributed by atoms with E-state index in [1.807, 2.05) is 114 Å². The number of Topliss-reactive ketones (excluding diaryl/α,β-unsaturated/α-hetero) is 1. The standard InChI is InChI=1S/C17H21FN2O2.C16H22FN3O2.C16H19FN2O2.C12H13FN2.C11H11FN2.C10H17NO3.C6H7FN2.ClH/c1-17(2,3)22-16(21)20-8-7-12-13-9-11(18)5-6-14(13)19(4)15(12)10-20;1-16(2,3)22-15(21)20-10-4-5-14(11-20)19-18-13-8-6-12(17)7-9-13;1-16(2,3)21-15(20)19-7-6-11-12-8-10(17)4-5-13(12)18-14(11)9-19;1-15-11-3-2-8(13)6-10(11)9-4-5-14-7-12(9)15;12-7-1-2-10-9(5-7)8-3-4-13-6-11(8)14-10;1-10(2,3)14-9(13)11-6-4-5-8(12)7-11;7-5-1-3-6(9-8)4-2-5;/h5-6,9H,7-8,10H2,1-4H3;6-9,18H,4-5,10-11H2,1-3H3;4-5,8,18H,6-7,9H2,1-3H3;2-3,6,14H,4-5,7H2,1H3;1-2,5,13-14H,3-4,6H2;4-7H2,1-3H3;1-4,9H,8H2;1H/b;19-14-;;;;;;. The van der Waals surface area contributed by atoms with Crippen LogP contribution in [0.3, 0.4) is 0 Å². The minimum absolute atomic E-state index is 0. The number of aromatic nitrogens is 4. The molecule has 6 aromatic carbocycles. The van der Waals surface area contributed by atoms with Gasteiger partial charge in [0.05, 0.1) is 37.6 Å². The van der Waals surface area contributed by atoms with Crippen molar-refractivity contribution >= 4 is 103 Å². The summed E-state index contributed by atoms with van der Waals surface area (Å²) in [5, 5.41) is 14.9. The average Bonchev–Trinajstić information content (AvgIpc) is 1.60. The first kappa shape index (κ1) is 91.2. The Morgan fingerprint density at radius 3 is 1.28 bits per heavy atom. The monoisotopic (exact) mass is 1660 g/mol. The topological polar surface area (TPSA) is 263 Å². The van der Waals surface area contributed by atoms with E-state index in [1.165, 1.54) is 75.9 Å². The number of H-pyrrole nitrogens is 2. The largest absolute Gasteiger partial charge is 0.444 e. The van der Waals surface area contributed by atoms with E-state index in [4.69, 9.17) is 24.8 Å². The zero-order valence-electron chi connectivity index (χ0n) is 69.7. The second-order valence-corrected chi connectivity index (χ2v) is 33.5. The van der Waals surface area contributed by atoms with Crippen molar-refractivity contribution in [1.29, 1.82) is 0 Å². The molecule has 0 atom stereocenters. The normalized spacial score (nSPS) is 15.5. The third-order valence-corrected chi connectivity index (χ3v) is 19.7. The molecule has 4 amide bonds. The molecule has 0 bridgehead atoms. The third kappa shape index (κ3) is 25.4. The molecule has 636 valence electrons. The maximum Gasteiger partial charge on any atom is 0.410 e. The highest BCUT2D eigenvalue weighted by Gasteiger charge is 2.33. The molecule has 2 saturated heterocycles. The van der Waals surface area contributed by atoms with Gasteiger partial charge >= 0.3 is 24.4 Å². The Morgan fingerprint density at radius 1 is 0.415 bits per heavy atom. The van der Waals surface area contributed by atoms with E-state index in [0.29, 0.717) is 70.0 Å². The highest BCUT2D eigenvalue weighted by Crippen LogP contribution is 2.34. The number of hydrazone groups is 1. The lowest BCUT2D eigenvalue weighted by Crippen LogP contribution is -2.43. The number of anilines is 2. The van der Waals surface area contributed by atoms with E-state index in [-0.39, 0.29) is 84.0 Å². The smallest absolute Gasteiger partial charge is 0.410 e. The van der Waals surface area contributed by atoms with E-state index < -0.39 is 22.4 Å². The number of nitrogens with one attached hydrogen (secondary N) is 6. The lowest BCUT2D eigenvalue weighted by molar-refractivity contribution is -0.122. The van der Waals surface area contributed by atoms with Crippen molar-refractivity contribution in [3.63, 3.8) is 0 Å². The first-order valence-electron chi connectivity index (χ1n) is 39.5. The number of carbonyl (C=O) groups excluding carboxylic acids is 5. The van der Waals surface area contributed by atoms with Crippen molar-refractivity contribution in [3.05, 3.63) is 201 Å². The Labute approximate surface area is 691 Å². The number of nitrogens with zero attached hydrogens (tertiary/aromatic N) is 7. The number of aryl methyl sites for hydroxylation is 2. The van der Waals surface area contributed by atoms with Crippen LogP contribution < -0.4 is 27.3 Å². The van der Waals surface area contributed by atoms with Crippen LogP contribution in [-0.2, 0) is 89.7 Å². The molecule has 30 heteroatoms. The molecule has 0 radical (unpaired) electrons. The number of nitrogen functional groups attached to an aromatic ring is 1. The molecule has 2 fully saturated rings. The van der Waals surface area contributed by atoms with Gasteiger partial charge in [0.15, 0.2) is 5.78 Å². The van der Waals surface area contributed by atoms with Gasteiger partial charge in [0.1, 0.15) is 57.3 Å². The van der Waals surface area contributed by atoms with Crippen molar-refractivity contribution in [2.45, 2.75) is 183 Å². The zero-order valence-corrected chi connectivity index (χ0v) is 70.6. The lowest BCUT2D eigenvalue weighted by Gasteiger charge is -2.30. The van der Waals surface area contributed by atoms with E-state index in [2.05, 4.69) is 41.1 Å². The SMILES string of the molecule is CC(C)(C)OC(=O)N1CCC/C(=N/Nc2ccc(F)cc2)C1.CC(C)(C)OC(=O)N1CCCC(=O)C1.CC(C)(C)OC(=O)N1CCc2c([nH]c3ccc(F)cc23)C1.Cl.Cn1c2c(c3cc(F)ccc31)CCN(C(=O)OC(C)(C)C)C2.Cn1c2c(c3cc(F)ccc31)CCNC2.Fc1ccc2[nH]c3c(c2c1)CCNC3.NNc1ccc(F)cc1. The molecule has 6 aliphatic heterocycles. The molecular weight excluding hydrogens is 1550 g/mol. The Bertz CT molecular complexity index is 5190. The highest BCUT2D eigenvalue weighted by molar-refractivity contribution is 5.91. The number of rotatable bonds is 3. The third-order valence-electron chi connectivity index (χ3n) is 19.7. The lowest BCUT2D eigenvalue weighted by atomic mass is 10.0.